The fourth-order valence-corrected chi connectivity index (χ4v) is 2.46. The molecule has 0 saturated heterocycles. The average Bonchev–Trinajstić information content (AvgIpc) is 2.95. The molecule has 0 unspecified atom stereocenters. The Morgan fingerprint density at radius 3 is 2.81 bits per heavy atom. The topological polar surface area (TPSA) is 107 Å². The van der Waals surface area contributed by atoms with Crippen LogP contribution in [-0.2, 0) is 0 Å². The van der Waals surface area contributed by atoms with Gasteiger partial charge in [0.05, 0.1) is 10.7 Å². The van der Waals surface area contributed by atoms with Crippen LogP contribution in [0.5, 0.6) is 0 Å². The van der Waals surface area contributed by atoms with Crippen molar-refractivity contribution >= 4 is 51.8 Å². The highest BCUT2D eigenvalue weighted by atomic mass is 127. The summed E-state index contributed by atoms with van der Waals surface area (Å²) in [6.45, 7) is 0. The molecule has 1 aromatic carbocycles. The van der Waals surface area contributed by atoms with Gasteiger partial charge in [-0.15, -0.1) is 0 Å². The molecule has 0 aliphatic rings. The number of hydrogen-bond donors (Lipinski definition) is 2. The summed E-state index contributed by atoms with van der Waals surface area (Å²) in [5.74, 6) is 0.611. The highest BCUT2D eigenvalue weighted by Crippen LogP contribution is 2.26. The molecule has 2 heterocycles. The SMILES string of the molecule is Nc1nc(Nc2ccc(I)cc2Cl)nc(-n2cncn2)n1. The standard InChI is InChI=1S/C11H8ClIN8/c12-7-3-6(13)1-2-8(7)17-10-18-9(14)19-11(20-10)21-5-15-4-16-21/h1-5H,(H3,14,17,18,19,20). The molecule has 2 aromatic heterocycles. The molecule has 8 nitrogen and oxygen atoms in total. The van der Waals surface area contributed by atoms with E-state index in [1.54, 1.807) is 0 Å². The molecule has 106 valence electrons. The molecule has 0 fully saturated rings. The first-order valence-corrected chi connectivity index (χ1v) is 7.16. The van der Waals surface area contributed by atoms with E-state index < -0.39 is 0 Å². The van der Waals surface area contributed by atoms with Gasteiger partial charge in [-0.05, 0) is 40.8 Å². The second kappa shape index (κ2) is 5.77. The lowest BCUT2D eigenvalue weighted by Crippen LogP contribution is -2.09. The zero-order valence-corrected chi connectivity index (χ0v) is 13.3. The van der Waals surface area contributed by atoms with Gasteiger partial charge in [-0.3, -0.25) is 0 Å². The van der Waals surface area contributed by atoms with Crippen LogP contribution in [0, 0.1) is 3.57 Å². The third-order valence-electron chi connectivity index (χ3n) is 2.44. The van der Waals surface area contributed by atoms with E-state index in [9.17, 15) is 0 Å². The van der Waals surface area contributed by atoms with Crippen LogP contribution in [0.15, 0.2) is 30.9 Å². The van der Waals surface area contributed by atoms with E-state index in [1.165, 1.54) is 17.3 Å². The van der Waals surface area contributed by atoms with E-state index in [0.29, 0.717) is 10.7 Å². The maximum absolute atomic E-state index is 6.16. The van der Waals surface area contributed by atoms with Crippen molar-refractivity contribution < 1.29 is 0 Å². The van der Waals surface area contributed by atoms with Crippen molar-refractivity contribution in [3.05, 3.63) is 39.4 Å². The molecular weight excluding hydrogens is 407 g/mol. The molecule has 0 amide bonds. The monoisotopic (exact) mass is 414 g/mol. The molecular formula is C11H8ClIN8. The van der Waals surface area contributed by atoms with Crippen LogP contribution < -0.4 is 11.1 Å². The zero-order valence-electron chi connectivity index (χ0n) is 10.4. The summed E-state index contributed by atoms with van der Waals surface area (Å²) in [5.41, 5.74) is 6.36. The van der Waals surface area contributed by atoms with Gasteiger partial charge in [-0.25, -0.2) is 4.98 Å². The molecule has 0 spiro atoms. The fraction of sp³-hybridized carbons (Fsp3) is 0. The van der Waals surface area contributed by atoms with Crippen molar-refractivity contribution in [2.24, 2.45) is 0 Å². The molecule has 0 bridgehead atoms. The number of nitrogen functional groups attached to an aromatic ring is 1. The van der Waals surface area contributed by atoms with Crippen LogP contribution >= 0.6 is 34.2 Å². The number of halogens is 2. The minimum absolute atomic E-state index is 0.0691. The largest absolute Gasteiger partial charge is 0.368 e. The molecule has 0 saturated carbocycles. The van der Waals surface area contributed by atoms with E-state index in [-0.39, 0.29) is 17.8 Å². The van der Waals surface area contributed by atoms with Gasteiger partial charge in [0.2, 0.25) is 11.9 Å². The Morgan fingerprint density at radius 2 is 2.10 bits per heavy atom. The van der Waals surface area contributed by atoms with Crippen molar-refractivity contribution in [2.45, 2.75) is 0 Å². The number of rotatable bonds is 3. The average molecular weight is 415 g/mol. The van der Waals surface area contributed by atoms with Gasteiger partial charge in [0.25, 0.3) is 5.95 Å². The third-order valence-corrected chi connectivity index (χ3v) is 3.43. The molecule has 0 aliphatic carbocycles. The number of nitrogens with one attached hydrogen (secondary N) is 1. The first-order valence-electron chi connectivity index (χ1n) is 5.70. The predicted octanol–water partition coefficient (Wildman–Crippen LogP) is 2.04. The Bertz CT molecular complexity index is 776. The fourth-order valence-electron chi connectivity index (χ4n) is 1.56. The first kappa shape index (κ1) is 13.9. The first-order chi connectivity index (χ1) is 10.1. The lowest BCUT2D eigenvalue weighted by molar-refractivity contribution is 0.800. The second-order valence-electron chi connectivity index (χ2n) is 3.91. The van der Waals surface area contributed by atoms with E-state index in [2.05, 4.69) is 52.9 Å². The van der Waals surface area contributed by atoms with Gasteiger partial charge >= 0.3 is 0 Å². The van der Waals surface area contributed by atoms with Gasteiger partial charge in [0, 0.05) is 3.57 Å². The number of benzene rings is 1. The van der Waals surface area contributed by atoms with E-state index in [1.807, 2.05) is 18.2 Å². The van der Waals surface area contributed by atoms with E-state index in [0.717, 1.165) is 3.57 Å². The van der Waals surface area contributed by atoms with Crippen molar-refractivity contribution in [3.63, 3.8) is 0 Å². The van der Waals surface area contributed by atoms with Crippen molar-refractivity contribution in [2.75, 3.05) is 11.1 Å². The minimum atomic E-state index is 0.0691. The van der Waals surface area contributed by atoms with E-state index >= 15 is 0 Å². The summed E-state index contributed by atoms with van der Waals surface area (Å²) in [5, 5.41) is 7.51. The van der Waals surface area contributed by atoms with Crippen LogP contribution in [0.25, 0.3) is 5.95 Å². The van der Waals surface area contributed by atoms with Gasteiger partial charge in [-0.2, -0.15) is 24.7 Å². The highest BCUT2D eigenvalue weighted by molar-refractivity contribution is 14.1. The molecule has 21 heavy (non-hydrogen) atoms. The Morgan fingerprint density at radius 1 is 1.24 bits per heavy atom. The maximum Gasteiger partial charge on any atom is 0.258 e. The Hall–Kier alpha value is -2.01. The van der Waals surface area contributed by atoms with Crippen LogP contribution in [0.2, 0.25) is 5.02 Å². The number of anilines is 3. The minimum Gasteiger partial charge on any atom is -0.368 e. The molecule has 10 heteroatoms. The van der Waals surface area contributed by atoms with Crippen molar-refractivity contribution in [1.29, 1.82) is 0 Å². The summed E-state index contributed by atoms with van der Waals surface area (Å²) in [4.78, 5) is 16.1. The molecule has 3 aromatic rings. The molecule has 3 N–H and O–H groups in total. The van der Waals surface area contributed by atoms with Crippen LogP contribution in [0.1, 0.15) is 0 Å². The number of nitrogens with zero attached hydrogens (tertiary/aromatic N) is 6. The molecule has 3 rings (SSSR count). The normalized spacial score (nSPS) is 10.6. The van der Waals surface area contributed by atoms with Gasteiger partial charge < -0.3 is 11.1 Å². The van der Waals surface area contributed by atoms with Gasteiger partial charge in [-0.1, -0.05) is 11.6 Å². The smallest absolute Gasteiger partial charge is 0.258 e. The second-order valence-corrected chi connectivity index (χ2v) is 5.56. The number of nitrogens with two attached hydrogens (primary N) is 1. The summed E-state index contributed by atoms with van der Waals surface area (Å²) in [6.07, 6.45) is 2.85. The summed E-state index contributed by atoms with van der Waals surface area (Å²) >= 11 is 8.34. The number of hydrogen-bond acceptors (Lipinski definition) is 7. The zero-order chi connectivity index (χ0) is 14.8. The van der Waals surface area contributed by atoms with E-state index in [4.69, 9.17) is 17.3 Å². The van der Waals surface area contributed by atoms with Crippen LogP contribution in [-0.4, -0.2) is 29.7 Å². The van der Waals surface area contributed by atoms with Crippen LogP contribution in [0.4, 0.5) is 17.6 Å². The maximum atomic E-state index is 6.16. The lowest BCUT2D eigenvalue weighted by atomic mass is 10.3. The summed E-state index contributed by atoms with van der Waals surface area (Å²) < 4.78 is 2.42. The Labute approximate surface area is 137 Å². The summed E-state index contributed by atoms with van der Waals surface area (Å²) in [6, 6.07) is 5.57. The summed E-state index contributed by atoms with van der Waals surface area (Å²) in [7, 11) is 0. The molecule has 0 radical (unpaired) electrons. The van der Waals surface area contributed by atoms with Gasteiger partial charge in [0.1, 0.15) is 12.7 Å². The Balaban J connectivity index is 1.95. The highest BCUT2D eigenvalue weighted by Gasteiger charge is 2.09. The number of aromatic nitrogens is 6. The van der Waals surface area contributed by atoms with Crippen molar-refractivity contribution in [3.8, 4) is 5.95 Å². The van der Waals surface area contributed by atoms with Gasteiger partial charge in [0.15, 0.2) is 0 Å². The molecule has 0 aliphatic heterocycles. The molecule has 0 atom stereocenters. The van der Waals surface area contributed by atoms with Crippen molar-refractivity contribution in [1.82, 2.24) is 29.7 Å². The lowest BCUT2D eigenvalue weighted by Gasteiger charge is -2.08. The quantitative estimate of drug-likeness (QED) is 0.631. The Kier molecular flexibility index (Phi) is 3.84. The third kappa shape index (κ3) is 3.19. The van der Waals surface area contributed by atoms with Crippen LogP contribution in [0.3, 0.4) is 0 Å². The predicted molar refractivity (Wildman–Crippen MR) is 86.6 cm³/mol.